The lowest BCUT2D eigenvalue weighted by Crippen LogP contribution is -2.32. The molecule has 0 unspecified atom stereocenters. The highest BCUT2D eigenvalue weighted by molar-refractivity contribution is 7.91. The molecule has 0 bridgehead atoms. The van der Waals surface area contributed by atoms with E-state index >= 15 is 0 Å². The molecule has 4 nitrogen and oxygen atoms in total. The Bertz CT molecular complexity index is 664. The summed E-state index contributed by atoms with van der Waals surface area (Å²) in [5, 5.41) is 11.6. The first-order chi connectivity index (χ1) is 9.71. The maximum atomic E-state index is 12.8. The minimum atomic E-state index is -4.60. The smallest absolute Gasteiger partial charge is 0.382 e. The molecule has 0 spiro atoms. The standard InChI is InChI=1S/C13H13F3N2O2S/c14-13(15,16)12-7-11(2-1-9(12)8-17)18-10-3-5-21(19,20)6-4-10/h1-2,7,10,18H,3-6H2. The number of nitrogens with one attached hydrogen (secondary N) is 1. The predicted molar refractivity (Wildman–Crippen MR) is 71.5 cm³/mol. The summed E-state index contributed by atoms with van der Waals surface area (Å²) in [5.41, 5.74) is -1.18. The monoisotopic (exact) mass is 318 g/mol. The Kier molecular flexibility index (Phi) is 4.14. The first-order valence-electron chi connectivity index (χ1n) is 6.29. The largest absolute Gasteiger partial charge is 0.417 e. The van der Waals surface area contributed by atoms with E-state index in [-0.39, 0.29) is 23.2 Å². The van der Waals surface area contributed by atoms with Crippen molar-refractivity contribution in [1.29, 1.82) is 5.26 Å². The van der Waals surface area contributed by atoms with E-state index in [1.165, 1.54) is 12.1 Å². The third-order valence-corrected chi connectivity index (χ3v) is 5.09. The number of hydrogen-bond donors (Lipinski definition) is 1. The number of hydrogen-bond acceptors (Lipinski definition) is 4. The molecule has 114 valence electrons. The molecule has 21 heavy (non-hydrogen) atoms. The van der Waals surface area contributed by atoms with Crippen LogP contribution in [0.4, 0.5) is 18.9 Å². The summed E-state index contributed by atoms with van der Waals surface area (Å²) in [5.74, 6) is 0.0696. The van der Waals surface area contributed by atoms with Crippen LogP contribution in [0.3, 0.4) is 0 Å². The van der Waals surface area contributed by atoms with Crippen molar-refractivity contribution in [2.45, 2.75) is 25.1 Å². The SMILES string of the molecule is N#Cc1ccc(NC2CCS(=O)(=O)CC2)cc1C(F)(F)F. The molecule has 0 atom stereocenters. The second-order valence-corrected chi connectivity index (χ2v) is 7.24. The fourth-order valence-electron chi connectivity index (χ4n) is 2.24. The summed E-state index contributed by atoms with van der Waals surface area (Å²) in [7, 11) is -3.01. The third kappa shape index (κ3) is 3.88. The predicted octanol–water partition coefficient (Wildman–Crippen LogP) is 2.57. The van der Waals surface area contributed by atoms with E-state index in [0.717, 1.165) is 12.1 Å². The van der Waals surface area contributed by atoms with Gasteiger partial charge in [0, 0.05) is 11.7 Å². The van der Waals surface area contributed by atoms with Crippen LogP contribution in [0.5, 0.6) is 0 Å². The van der Waals surface area contributed by atoms with Crippen LogP contribution in [0.1, 0.15) is 24.0 Å². The van der Waals surface area contributed by atoms with Gasteiger partial charge < -0.3 is 5.32 Å². The fourth-order valence-corrected chi connectivity index (χ4v) is 3.73. The van der Waals surface area contributed by atoms with Gasteiger partial charge in [-0.2, -0.15) is 18.4 Å². The molecule has 2 rings (SSSR count). The maximum absolute atomic E-state index is 12.8. The van der Waals surface area contributed by atoms with Crippen molar-refractivity contribution >= 4 is 15.5 Å². The van der Waals surface area contributed by atoms with E-state index in [1.807, 2.05) is 0 Å². The number of alkyl halides is 3. The van der Waals surface area contributed by atoms with Crippen LogP contribution in [-0.2, 0) is 16.0 Å². The molecular weight excluding hydrogens is 305 g/mol. The van der Waals surface area contributed by atoms with Crippen LogP contribution >= 0.6 is 0 Å². The van der Waals surface area contributed by atoms with Crippen molar-refractivity contribution < 1.29 is 21.6 Å². The zero-order chi connectivity index (χ0) is 15.7. The average molecular weight is 318 g/mol. The van der Waals surface area contributed by atoms with Crippen LogP contribution in [0.2, 0.25) is 0 Å². The van der Waals surface area contributed by atoms with E-state index in [2.05, 4.69) is 5.32 Å². The molecule has 1 fully saturated rings. The quantitative estimate of drug-likeness (QED) is 0.910. The molecule has 1 aromatic carbocycles. The van der Waals surface area contributed by atoms with Crippen molar-refractivity contribution in [2.75, 3.05) is 16.8 Å². The lowest BCUT2D eigenvalue weighted by Gasteiger charge is -2.24. The molecule has 0 aromatic heterocycles. The van der Waals surface area contributed by atoms with Gasteiger partial charge in [0.15, 0.2) is 0 Å². The number of nitrogens with zero attached hydrogens (tertiary/aromatic N) is 1. The van der Waals surface area contributed by atoms with Gasteiger partial charge in [0.1, 0.15) is 9.84 Å². The minimum absolute atomic E-state index is 0.0348. The number of rotatable bonds is 2. The Morgan fingerprint density at radius 2 is 1.86 bits per heavy atom. The Labute approximate surface area is 120 Å². The first kappa shape index (κ1) is 15.6. The molecule has 1 saturated heterocycles. The molecular formula is C13H13F3N2O2S. The summed E-state index contributed by atoms with van der Waals surface area (Å²) in [6.07, 6.45) is -3.87. The normalized spacial score (nSPS) is 19.0. The second-order valence-electron chi connectivity index (χ2n) is 4.94. The van der Waals surface area contributed by atoms with Gasteiger partial charge >= 0.3 is 6.18 Å². The molecule has 1 heterocycles. The van der Waals surface area contributed by atoms with Crippen LogP contribution in [0.15, 0.2) is 18.2 Å². The van der Waals surface area contributed by atoms with Gasteiger partial charge in [0.05, 0.1) is 28.7 Å². The molecule has 0 aliphatic carbocycles. The van der Waals surface area contributed by atoms with Crippen molar-refractivity contribution in [2.24, 2.45) is 0 Å². The molecule has 1 aliphatic heterocycles. The topological polar surface area (TPSA) is 70.0 Å². The highest BCUT2D eigenvalue weighted by atomic mass is 32.2. The van der Waals surface area contributed by atoms with Gasteiger partial charge in [0.2, 0.25) is 0 Å². The third-order valence-electron chi connectivity index (χ3n) is 3.37. The average Bonchev–Trinajstić information content (AvgIpc) is 2.40. The molecule has 1 N–H and O–H groups in total. The molecule has 1 aliphatic rings. The van der Waals surface area contributed by atoms with Gasteiger partial charge in [-0.3, -0.25) is 0 Å². The summed E-state index contributed by atoms with van der Waals surface area (Å²) in [4.78, 5) is 0. The number of halogens is 3. The van der Waals surface area contributed by atoms with Crippen molar-refractivity contribution in [3.05, 3.63) is 29.3 Å². The summed E-state index contributed by atoms with van der Waals surface area (Å²) in [6, 6.07) is 4.74. The molecule has 1 aromatic rings. The van der Waals surface area contributed by atoms with Crippen molar-refractivity contribution in [3.8, 4) is 6.07 Å². The van der Waals surface area contributed by atoms with E-state index in [0.29, 0.717) is 12.8 Å². The summed E-state index contributed by atoms with van der Waals surface area (Å²) >= 11 is 0. The van der Waals surface area contributed by atoms with Gasteiger partial charge in [-0.25, -0.2) is 8.42 Å². The van der Waals surface area contributed by atoms with Gasteiger partial charge in [-0.15, -0.1) is 0 Å². The Morgan fingerprint density at radius 3 is 2.38 bits per heavy atom. The number of benzene rings is 1. The van der Waals surface area contributed by atoms with Crippen molar-refractivity contribution in [3.63, 3.8) is 0 Å². The lowest BCUT2D eigenvalue weighted by molar-refractivity contribution is -0.137. The Hall–Kier alpha value is -1.75. The van der Waals surface area contributed by atoms with Crippen LogP contribution in [0.25, 0.3) is 0 Å². The van der Waals surface area contributed by atoms with E-state index < -0.39 is 27.1 Å². The Balaban J connectivity index is 2.17. The van der Waals surface area contributed by atoms with Gasteiger partial charge in [0.25, 0.3) is 0 Å². The van der Waals surface area contributed by atoms with Gasteiger partial charge in [-0.05, 0) is 31.0 Å². The summed E-state index contributed by atoms with van der Waals surface area (Å²) in [6.45, 7) is 0. The summed E-state index contributed by atoms with van der Waals surface area (Å²) < 4.78 is 61.1. The number of nitriles is 1. The van der Waals surface area contributed by atoms with E-state index in [4.69, 9.17) is 5.26 Å². The number of anilines is 1. The molecule has 8 heteroatoms. The van der Waals surface area contributed by atoms with E-state index in [9.17, 15) is 21.6 Å². The highest BCUT2D eigenvalue weighted by Gasteiger charge is 2.34. The fraction of sp³-hybridized carbons (Fsp3) is 0.462. The zero-order valence-corrected chi connectivity index (χ0v) is 11.8. The Morgan fingerprint density at radius 1 is 1.24 bits per heavy atom. The highest BCUT2D eigenvalue weighted by Crippen LogP contribution is 2.34. The van der Waals surface area contributed by atoms with Crippen LogP contribution in [-0.4, -0.2) is 26.0 Å². The molecule has 0 radical (unpaired) electrons. The van der Waals surface area contributed by atoms with Crippen LogP contribution in [0, 0.1) is 11.3 Å². The van der Waals surface area contributed by atoms with Gasteiger partial charge in [-0.1, -0.05) is 0 Å². The van der Waals surface area contributed by atoms with Crippen LogP contribution < -0.4 is 5.32 Å². The van der Waals surface area contributed by atoms with Crippen molar-refractivity contribution in [1.82, 2.24) is 0 Å². The van der Waals surface area contributed by atoms with E-state index in [1.54, 1.807) is 0 Å². The molecule has 0 amide bonds. The number of sulfone groups is 1. The molecule has 0 saturated carbocycles. The minimum Gasteiger partial charge on any atom is -0.382 e. The maximum Gasteiger partial charge on any atom is 0.417 e. The first-order valence-corrected chi connectivity index (χ1v) is 8.12. The second kappa shape index (κ2) is 5.56. The lowest BCUT2D eigenvalue weighted by atomic mass is 10.1. The zero-order valence-electron chi connectivity index (χ0n) is 10.9.